The molecule has 0 aliphatic rings. The van der Waals surface area contributed by atoms with Crippen LogP contribution in [0.15, 0.2) is 42.5 Å². The largest absolute Gasteiger partial charge is 0.378 e. The van der Waals surface area contributed by atoms with Crippen molar-refractivity contribution in [3.63, 3.8) is 0 Å². The molecular formula is C19H23Cl2N3O. The first-order valence-electron chi connectivity index (χ1n) is 8.00. The van der Waals surface area contributed by atoms with E-state index in [1.807, 2.05) is 67.3 Å². The van der Waals surface area contributed by atoms with Crippen LogP contribution in [0.25, 0.3) is 0 Å². The zero-order valence-corrected chi connectivity index (χ0v) is 16.2. The molecule has 1 N–H and O–H groups in total. The normalized spacial score (nSPS) is 10.8. The Morgan fingerprint density at radius 3 is 2.12 bits per heavy atom. The molecule has 0 fully saturated rings. The van der Waals surface area contributed by atoms with Crippen molar-refractivity contribution < 1.29 is 4.79 Å². The summed E-state index contributed by atoms with van der Waals surface area (Å²) in [5.74, 6) is -0.0210. The summed E-state index contributed by atoms with van der Waals surface area (Å²) >= 11 is 12.0. The van der Waals surface area contributed by atoms with Crippen LogP contribution in [0.1, 0.15) is 11.1 Å². The lowest BCUT2D eigenvalue weighted by atomic mass is 10.2. The van der Waals surface area contributed by atoms with E-state index in [2.05, 4.69) is 5.32 Å². The maximum atomic E-state index is 12.1. The van der Waals surface area contributed by atoms with Gasteiger partial charge in [-0.3, -0.25) is 9.69 Å². The molecule has 0 saturated carbocycles. The van der Waals surface area contributed by atoms with E-state index >= 15 is 0 Å². The lowest BCUT2D eigenvalue weighted by Gasteiger charge is -2.17. The summed E-state index contributed by atoms with van der Waals surface area (Å²) in [5.41, 5.74) is 3.19. The summed E-state index contributed by atoms with van der Waals surface area (Å²) in [6.07, 6.45) is 0. The Bertz CT molecular complexity index is 697. The molecule has 2 aromatic carbocycles. The van der Waals surface area contributed by atoms with Gasteiger partial charge in [0.15, 0.2) is 0 Å². The molecule has 0 aliphatic heterocycles. The van der Waals surface area contributed by atoms with Crippen LogP contribution in [0.3, 0.4) is 0 Å². The molecule has 134 valence electrons. The van der Waals surface area contributed by atoms with E-state index in [-0.39, 0.29) is 5.91 Å². The molecule has 6 heteroatoms. The Kier molecular flexibility index (Phi) is 7.12. The minimum Gasteiger partial charge on any atom is -0.378 e. The summed E-state index contributed by atoms with van der Waals surface area (Å²) < 4.78 is 0. The number of likely N-dealkylation sites (N-methyl/N-ethyl adjacent to an activating group) is 1. The Balaban J connectivity index is 1.81. The van der Waals surface area contributed by atoms with Crippen molar-refractivity contribution in [2.45, 2.75) is 13.1 Å². The Hall–Kier alpha value is -1.75. The van der Waals surface area contributed by atoms with Gasteiger partial charge in [-0.1, -0.05) is 35.3 Å². The van der Waals surface area contributed by atoms with Crippen LogP contribution in [0, 0.1) is 0 Å². The number of benzene rings is 2. The molecule has 0 saturated heterocycles. The number of nitrogens with one attached hydrogen (secondary N) is 1. The van der Waals surface area contributed by atoms with Crippen LogP contribution in [0.4, 0.5) is 5.69 Å². The van der Waals surface area contributed by atoms with Gasteiger partial charge in [0, 0.05) is 42.9 Å². The van der Waals surface area contributed by atoms with Crippen LogP contribution in [-0.4, -0.2) is 38.5 Å². The number of amides is 1. The molecule has 0 spiro atoms. The fourth-order valence-corrected chi connectivity index (χ4v) is 3.05. The van der Waals surface area contributed by atoms with Gasteiger partial charge >= 0.3 is 0 Å². The van der Waals surface area contributed by atoms with Crippen molar-refractivity contribution in [3.05, 3.63) is 63.6 Å². The molecule has 0 bridgehead atoms. The second-order valence-corrected chi connectivity index (χ2v) is 7.16. The fraction of sp³-hybridized carbons (Fsp3) is 0.316. The molecule has 0 atom stereocenters. The Labute approximate surface area is 159 Å². The minimum atomic E-state index is -0.0210. The summed E-state index contributed by atoms with van der Waals surface area (Å²) in [7, 11) is 5.89. The second-order valence-electron chi connectivity index (χ2n) is 6.29. The average molecular weight is 380 g/mol. The maximum Gasteiger partial charge on any atom is 0.234 e. The molecule has 2 rings (SSSR count). The first-order chi connectivity index (χ1) is 11.8. The Morgan fingerprint density at radius 1 is 0.960 bits per heavy atom. The molecule has 25 heavy (non-hydrogen) atoms. The topological polar surface area (TPSA) is 35.6 Å². The number of hydrogen-bond donors (Lipinski definition) is 1. The number of hydrogen-bond acceptors (Lipinski definition) is 3. The summed E-state index contributed by atoms with van der Waals surface area (Å²) in [5, 5.41) is 4.14. The van der Waals surface area contributed by atoms with Crippen molar-refractivity contribution in [2.24, 2.45) is 0 Å². The van der Waals surface area contributed by atoms with Crippen molar-refractivity contribution in [1.82, 2.24) is 10.2 Å². The van der Waals surface area contributed by atoms with Crippen LogP contribution in [-0.2, 0) is 17.9 Å². The van der Waals surface area contributed by atoms with E-state index < -0.39 is 0 Å². The van der Waals surface area contributed by atoms with Gasteiger partial charge in [0.05, 0.1) is 6.54 Å². The molecule has 4 nitrogen and oxygen atoms in total. The van der Waals surface area contributed by atoms with Gasteiger partial charge in [-0.05, 0) is 48.5 Å². The van der Waals surface area contributed by atoms with Crippen molar-refractivity contribution in [2.75, 3.05) is 32.6 Å². The van der Waals surface area contributed by atoms with Crippen molar-refractivity contribution in [3.8, 4) is 0 Å². The lowest BCUT2D eigenvalue weighted by Crippen LogP contribution is -2.34. The average Bonchev–Trinajstić information content (AvgIpc) is 2.52. The van der Waals surface area contributed by atoms with Crippen LogP contribution < -0.4 is 10.2 Å². The SMILES string of the molecule is CN(CC(=O)NCc1ccc(N(C)C)cc1)Cc1cc(Cl)cc(Cl)c1. The van der Waals surface area contributed by atoms with Crippen LogP contribution in [0.2, 0.25) is 10.0 Å². The van der Waals surface area contributed by atoms with E-state index in [9.17, 15) is 4.79 Å². The number of nitrogens with zero attached hydrogens (tertiary/aromatic N) is 2. The van der Waals surface area contributed by atoms with Crippen LogP contribution in [0.5, 0.6) is 0 Å². The standard InChI is InChI=1S/C19H23Cl2N3O/c1-23(2)18-6-4-14(5-7-18)11-22-19(25)13-24(3)12-15-8-16(20)10-17(21)9-15/h4-10H,11-13H2,1-3H3,(H,22,25). The number of halogens is 2. The van der Waals surface area contributed by atoms with E-state index in [0.29, 0.717) is 29.7 Å². The highest BCUT2D eigenvalue weighted by Crippen LogP contribution is 2.19. The van der Waals surface area contributed by atoms with E-state index in [4.69, 9.17) is 23.2 Å². The summed E-state index contributed by atoms with van der Waals surface area (Å²) in [6, 6.07) is 13.5. The number of anilines is 1. The molecule has 0 aromatic heterocycles. The first kappa shape index (κ1) is 19.6. The maximum absolute atomic E-state index is 12.1. The highest BCUT2D eigenvalue weighted by atomic mass is 35.5. The van der Waals surface area contributed by atoms with Gasteiger partial charge in [0.1, 0.15) is 0 Å². The first-order valence-corrected chi connectivity index (χ1v) is 8.75. The highest BCUT2D eigenvalue weighted by molar-refractivity contribution is 6.34. The van der Waals surface area contributed by atoms with E-state index in [1.54, 1.807) is 6.07 Å². The van der Waals surface area contributed by atoms with Gasteiger partial charge < -0.3 is 10.2 Å². The number of carbonyl (C=O) groups is 1. The van der Waals surface area contributed by atoms with Gasteiger partial charge in [0.2, 0.25) is 5.91 Å². The molecule has 0 aliphatic carbocycles. The molecule has 0 radical (unpaired) electrons. The Morgan fingerprint density at radius 2 is 1.56 bits per heavy atom. The molecule has 0 heterocycles. The zero-order chi connectivity index (χ0) is 18.4. The third-order valence-corrected chi connectivity index (χ3v) is 4.17. The minimum absolute atomic E-state index is 0.0210. The predicted molar refractivity (Wildman–Crippen MR) is 105 cm³/mol. The quantitative estimate of drug-likeness (QED) is 0.794. The van der Waals surface area contributed by atoms with Crippen molar-refractivity contribution in [1.29, 1.82) is 0 Å². The molecule has 0 unspecified atom stereocenters. The number of rotatable bonds is 7. The highest BCUT2D eigenvalue weighted by Gasteiger charge is 2.08. The van der Waals surface area contributed by atoms with Crippen LogP contribution >= 0.6 is 23.2 Å². The second kappa shape index (κ2) is 9.09. The van der Waals surface area contributed by atoms with E-state index in [1.165, 1.54) is 0 Å². The fourth-order valence-electron chi connectivity index (χ4n) is 2.48. The summed E-state index contributed by atoms with van der Waals surface area (Å²) in [4.78, 5) is 16.1. The number of carbonyl (C=O) groups excluding carboxylic acids is 1. The van der Waals surface area contributed by atoms with Gasteiger partial charge in [-0.15, -0.1) is 0 Å². The monoisotopic (exact) mass is 379 g/mol. The zero-order valence-electron chi connectivity index (χ0n) is 14.7. The van der Waals surface area contributed by atoms with Gasteiger partial charge in [0.25, 0.3) is 0 Å². The lowest BCUT2D eigenvalue weighted by molar-refractivity contribution is -0.122. The van der Waals surface area contributed by atoms with Crippen molar-refractivity contribution >= 4 is 34.8 Å². The molecular weight excluding hydrogens is 357 g/mol. The summed E-state index contributed by atoms with van der Waals surface area (Å²) in [6.45, 7) is 1.43. The predicted octanol–water partition coefficient (Wildman–Crippen LogP) is 3.81. The third-order valence-electron chi connectivity index (χ3n) is 3.73. The smallest absolute Gasteiger partial charge is 0.234 e. The molecule has 2 aromatic rings. The third kappa shape index (κ3) is 6.58. The van der Waals surface area contributed by atoms with Gasteiger partial charge in [-0.2, -0.15) is 0 Å². The van der Waals surface area contributed by atoms with E-state index in [0.717, 1.165) is 16.8 Å². The van der Waals surface area contributed by atoms with Gasteiger partial charge in [-0.25, -0.2) is 0 Å². The molecule has 1 amide bonds.